The van der Waals surface area contributed by atoms with Gasteiger partial charge < -0.3 is 0 Å². The summed E-state index contributed by atoms with van der Waals surface area (Å²) in [6, 6.07) is 17.5. The van der Waals surface area contributed by atoms with Gasteiger partial charge in [0.2, 0.25) is 5.04 Å². The molecule has 0 bridgehead atoms. The molecular formula is C16H12N2O3S. The number of nitrogens with zero attached hydrogens (tertiary/aromatic N) is 2. The molecule has 1 aliphatic heterocycles. The Kier molecular flexibility index (Phi) is 3.70. The molecule has 2 aromatic carbocycles. The average Bonchev–Trinajstić information content (AvgIpc) is 2.97. The van der Waals surface area contributed by atoms with Gasteiger partial charge in [0.1, 0.15) is 0 Å². The first-order valence-corrected chi connectivity index (χ1v) is 7.94. The number of aliphatic imine (C=N–C) groups is 2. The van der Waals surface area contributed by atoms with Crippen LogP contribution in [-0.2, 0) is 10.1 Å². The monoisotopic (exact) mass is 312 g/mol. The molecule has 6 heteroatoms. The summed E-state index contributed by atoms with van der Waals surface area (Å²) in [5.41, 5.74) is 2.89. The van der Waals surface area contributed by atoms with Crippen LogP contribution in [0.3, 0.4) is 0 Å². The Morgan fingerprint density at radius 3 is 2.32 bits per heavy atom. The van der Waals surface area contributed by atoms with E-state index in [-0.39, 0.29) is 5.82 Å². The second-order valence-electron chi connectivity index (χ2n) is 4.64. The zero-order valence-electron chi connectivity index (χ0n) is 11.4. The molecule has 2 aromatic rings. The van der Waals surface area contributed by atoms with Gasteiger partial charge in [0.15, 0.2) is 5.82 Å². The lowest BCUT2D eigenvalue weighted by molar-refractivity contribution is 0.499. The molecule has 1 aliphatic rings. The molecular weight excluding hydrogens is 300 g/mol. The van der Waals surface area contributed by atoms with Gasteiger partial charge in [-0.25, -0.2) is 9.98 Å². The van der Waals surface area contributed by atoms with E-state index in [1.807, 2.05) is 54.6 Å². The predicted molar refractivity (Wildman–Crippen MR) is 87.3 cm³/mol. The minimum absolute atomic E-state index is 0.232. The van der Waals surface area contributed by atoms with E-state index >= 15 is 0 Å². The molecule has 0 saturated heterocycles. The Balaban J connectivity index is 2.04. The van der Waals surface area contributed by atoms with Gasteiger partial charge in [-0.3, -0.25) is 4.55 Å². The molecule has 0 saturated carbocycles. The maximum atomic E-state index is 11.0. The molecule has 110 valence electrons. The molecule has 0 aliphatic carbocycles. The van der Waals surface area contributed by atoms with Crippen LogP contribution in [-0.4, -0.2) is 24.2 Å². The summed E-state index contributed by atoms with van der Waals surface area (Å²) in [5, 5.41) is -0.448. The second kappa shape index (κ2) is 5.67. The van der Waals surface area contributed by atoms with E-state index in [0.29, 0.717) is 0 Å². The highest BCUT2D eigenvalue weighted by molar-refractivity contribution is 8.03. The van der Waals surface area contributed by atoms with Crippen molar-refractivity contribution in [1.29, 1.82) is 0 Å². The fourth-order valence-electron chi connectivity index (χ4n) is 2.13. The van der Waals surface area contributed by atoms with Crippen molar-refractivity contribution in [2.24, 2.45) is 9.98 Å². The van der Waals surface area contributed by atoms with Gasteiger partial charge in [0.25, 0.3) is 0 Å². The summed E-state index contributed by atoms with van der Waals surface area (Å²) in [4.78, 5) is 7.71. The first kappa shape index (κ1) is 14.4. The minimum Gasteiger partial charge on any atom is -0.281 e. The number of hydrogen-bond donors (Lipinski definition) is 1. The minimum atomic E-state index is -4.33. The Bertz CT molecular complexity index is 898. The normalized spacial score (nSPS) is 16.0. The maximum Gasteiger partial charge on any atom is 0.313 e. The fraction of sp³-hybridized carbons (Fsp3) is 0. The van der Waals surface area contributed by atoms with Crippen LogP contribution >= 0.6 is 0 Å². The zero-order chi connectivity index (χ0) is 15.6. The molecule has 3 rings (SSSR count). The van der Waals surface area contributed by atoms with E-state index in [2.05, 4.69) is 9.98 Å². The summed E-state index contributed by atoms with van der Waals surface area (Å²) in [6.07, 6.45) is 2.71. The quantitative estimate of drug-likeness (QED) is 0.866. The summed E-state index contributed by atoms with van der Waals surface area (Å²) < 4.78 is 31.0. The maximum absolute atomic E-state index is 11.0. The van der Waals surface area contributed by atoms with Crippen molar-refractivity contribution >= 4 is 27.5 Å². The highest BCUT2D eigenvalue weighted by Gasteiger charge is 2.18. The Morgan fingerprint density at radius 2 is 1.64 bits per heavy atom. The molecule has 0 spiro atoms. The molecule has 5 nitrogen and oxygen atoms in total. The van der Waals surface area contributed by atoms with E-state index in [1.165, 1.54) is 0 Å². The van der Waals surface area contributed by atoms with E-state index in [4.69, 9.17) is 4.55 Å². The number of rotatable bonds is 2. The van der Waals surface area contributed by atoms with E-state index in [0.717, 1.165) is 22.9 Å². The van der Waals surface area contributed by atoms with Crippen molar-refractivity contribution in [3.8, 4) is 11.1 Å². The van der Waals surface area contributed by atoms with Crippen molar-refractivity contribution < 1.29 is 13.0 Å². The van der Waals surface area contributed by atoms with Crippen molar-refractivity contribution in [2.75, 3.05) is 0 Å². The molecule has 1 N–H and O–H groups in total. The predicted octanol–water partition coefficient (Wildman–Crippen LogP) is 3.02. The van der Waals surface area contributed by atoms with Crippen LogP contribution < -0.4 is 0 Å². The second-order valence-corrected chi connectivity index (χ2v) is 6.01. The van der Waals surface area contributed by atoms with Crippen LogP contribution in [0, 0.1) is 0 Å². The number of hydrogen-bond acceptors (Lipinski definition) is 4. The smallest absolute Gasteiger partial charge is 0.281 e. The van der Waals surface area contributed by atoms with E-state index in [9.17, 15) is 8.42 Å². The first-order chi connectivity index (χ1) is 10.5. The van der Waals surface area contributed by atoms with Crippen LogP contribution in [0.1, 0.15) is 5.56 Å². The van der Waals surface area contributed by atoms with Crippen molar-refractivity contribution in [3.63, 3.8) is 0 Å². The van der Waals surface area contributed by atoms with Crippen LogP contribution in [0.25, 0.3) is 17.2 Å². The Labute approximate surface area is 128 Å². The molecule has 1 heterocycles. The molecule has 0 fully saturated rings. The molecule has 0 aromatic heterocycles. The highest BCUT2D eigenvalue weighted by Crippen LogP contribution is 2.26. The first-order valence-electron chi connectivity index (χ1n) is 6.50. The third kappa shape index (κ3) is 3.03. The lowest BCUT2D eigenvalue weighted by Crippen LogP contribution is -2.12. The standard InChI is InChI=1S/C16H12N2O3S/c19-22(20,21)16-11-17-15(18-16)10-13-8-4-5-9-14(13)12-6-2-1-3-7-12/h1-11H,(H,19,20,21)/b15-10-. The number of benzene rings is 2. The Hall–Kier alpha value is -2.57. The highest BCUT2D eigenvalue weighted by atomic mass is 32.2. The summed E-state index contributed by atoms with van der Waals surface area (Å²) >= 11 is 0. The third-order valence-corrected chi connectivity index (χ3v) is 3.85. The van der Waals surface area contributed by atoms with Crippen LogP contribution in [0.2, 0.25) is 0 Å². The van der Waals surface area contributed by atoms with Crippen molar-refractivity contribution in [1.82, 2.24) is 0 Å². The van der Waals surface area contributed by atoms with Gasteiger partial charge in [-0.15, -0.1) is 0 Å². The SMILES string of the molecule is O=S(=O)(O)C1=N/C(=C\c2ccccc2-c2ccccc2)N=C1. The Morgan fingerprint density at radius 1 is 0.955 bits per heavy atom. The van der Waals surface area contributed by atoms with Crippen LogP contribution in [0.5, 0.6) is 0 Å². The third-order valence-electron chi connectivity index (χ3n) is 3.13. The zero-order valence-corrected chi connectivity index (χ0v) is 12.2. The molecule has 0 unspecified atom stereocenters. The van der Waals surface area contributed by atoms with Crippen molar-refractivity contribution in [2.45, 2.75) is 0 Å². The largest absolute Gasteiger partial charge is 0.313 e. The topological polar surface area (TPSA) is 79.1 Å². The summed E-state index contributed by atoms with van der Waals surface area (Å²) in [7, 11) is -4.33. The van der Waals surface area contributed by atoms with Gasteiger partial charge in [-0.05, 0) is 22.8 Å². The van der Waals surface area contributed by atoms with Crippen LogP contribution in [0.4, 0.5) is 0 Å². The average molecular weight is 312 g/mol. The molecule has 0 radical (unpaired) electrons. The van der Waals surface area contributed by atoms with Gasteiger partial charge in [0.05, 0.1) is 6.21 Å². The summed E-state index contributed by atoms with van der Waals surface area (Å²) in [6.45, 7) is 0. The van der Waals surface area contributed by atoms with Crippen LogP contribution in [0.15, 0.2) is 70.4 Å². The fourth-order valence-corrected chi connectivity index (χ4v) is 2.52. The summed E-state index contributed by atoms with van der Waals surface area (Å²) in [5.74, 6) is 0.232. The lowest BCUT2D eigenvalue weighted by Gasteiger charge is -2.06. The van der Waals surface area contributed by atoms with Gasteiger partial charge in [-0.2, -0.15) is 8.42 Å². The van der Waals surface area contributed by atoms with E-state index < -0.39 is 15.2 Å². The molecule has 0 atom stereocenters. The lowest BCUT2D eigenvalue weighted by atomic mass is 9.99. The van der Waals surface area contributed by atoms with E-state index in [1.54, 1.807) is 6.08 Å². The van der Waals surface area contributed by atoms with Gasteiger partial charge in [-0.1, -0.05) is 54.6 Å². The van der Waals surface area contributed by atoms with Gasteiger partial charge >= 0.3 is 10.1 Å². The van der Waals surface area contributed by atoms with Gasteiger partial charge in [0, 0.05) is 0 Å². The van der Waals surface area contributed by atoms with Crippen molar-refractivity contribution in [3.05, 3.63) is 66.0 Å². The molecule has 22 heavy (non-hydrogen) atoms. The molecule has 0 amide bonds.